The maximum atomic E-state index is 11.8. The lowest BCUT2D eigenvalue weighted by Gasteiger charge is -2.33. The number of anilines is 3. The molecule has 31 heavy (non-hydrogen) atoms. The molecule has 1 aromatic heterocycles. The predicted molar refractivity (Wildman–Crippen MR) is 119 cm³/mol. The van der Waals surface area contributed by atoms with Gasteiger partial charge in [0.05, 0.1) is 23.4 Å². The summed E-state index contributed by atoms with van der Waals surface area (Å²) in [5.74, 6) is 7.59. The molecule has 1 fully saturated rings. The summed E-state index contributed by atoms with van der Waals surface area (Å²) in [5, 5.41) is 18.0. The van der Waals surface area contributed by atoms with Gasteiger partial charge in [0.1, 0.15) is 11.4 Å². The maximum absolute atomic E-state index is 11.8. The van der Waals surface area contributed by atoms with Crippen LogP contribution in [0, 0.1) is 29.1 Å². The van der Waals surface area contributed by atoms with E-state index in [0.717, 1.165) is 18.5 Å². The maximum Gasteiger partial charge on any atom is 0.407 e. The van der Waals surface area contributed by atoms with Gasteiger partial charge >= 0.3 is 6.09 Å². The zero-order valence-corrected chi connectivity index (χ0v) is 18.1. The van der Waals surface area contributed by atoms with E-state index in [-0.39, 0.29) is 12.0 Å². The first kappa shape index (κ1) is 21.9. The summed E-state index contributed by atoms with van der Waals surface area (Å²) in [5.41, 5.74) is 1.48. The Hall–Kier alpha value is -3.78. The number of amides is 1. The highest BCUT2D eigenvalue weighted by Gasteiger charge is 2.30. The number of carbonyl (C=O) groups is 1. The van der Waals surface area contributed by atoms with Crippen molar-refractivity contribution < 1.29 is 9.53 Å². The van der Waals surface area contributed by atoms with Crippen LogP contribution < -0.4 is 16.0 Å². The molecule has 0 saturated heterocycles. The van der Waals surface area contributed by atoms with E-state index in [1.807, 2.05) is 26.8 Å². The van der Waals surface area contributed by atoms with E-state index in [4.69, 9.17) is 10.00 Å². The van der Waals surface area contributed by atoms with Crippen molar-refractivity contribution in [1.29, 1.82) is 5.26 Å². The molecule has 1 amide bonds. The summed E-state index contributed by atoms with van der Waals surface area (Å²) in [6.45, 7) is 5.52. The summed E-state index contributed by atoms with van der Waals surface area (Å²) in [7, 11) is 1.78. The van der Waals surface area contributed by atoms with E-state index < -0.39 is 11.7 Å². The fraction of sp³-hybridized carbons (Fsp3) is 0.391. The van der Waals surface area contributed by atoms with E-state index >= 15 is 0 Å². The monoisotopic (exact) mass is 418 g/mol. The number of nitrogens with zero attached hydrogens (tertiary/aromatic N) is 3. The lowest BCUT2D eigenvalue weighted by Crippen LogP contribution is -2.45. The van der Waals surface area contributed by atoms with Crippen LogP contribution in [0.2, 0.25) is 0 Å². The summed E-state index contributed by atoms with van der Waals surface area (Å²) in [6.07, 6.45) is 2.85. The lowest BCUT2D eigenvalue weighted by atomic mass is 9.81. The minimum absolute atomic E-state index is 0.0879. The summed E-state index contributed by atoms with van der Waals surface area (Å²) in [4.78, 5) is 20.6. The first-order valence-electron chi connectivity index (χ1n) is 10.1. The molecule has 1 aromatic carbocycles. The van der Waals surface area contributed by atoms with Gasteiger partial charge in [-0.2, -0.15) is 10.2 Å². The average molecular weight is 419 g/mol. The normalized spacial score (nSPS) is 17.3. The molecular weight excluding hydrogens is 392 g/mol. The number of carbonyl (C=O) groups excluding carboxylic acids is 1. The van der Waals surface area contributed by atoms with Crippen LogP contribution in [-0.4, -0.2) is 34.8 Å². The second kappa shape index (κ2) is 9.36. The van der Waals surface area contributed by atoms with Crippen LogP contribution in [0.5, 0.6) is 0 Å². The zero-order valence-electron chi connectivity index (χ0n) is 18.1. The van der Waals surface area contributed by atoms with Crippen LogP contribution >= 0.6 is 0 Å². The second-order valence-electron chi connectivity index (χ2n) is 8.30. The lowest BCUT2D eigenvalue weighted by molar-refractivity contribution is 0.0467. The third kappa shape index (κ3) is 6.35. The molecule has 1 heterocycles. The Labute approximate surface area is 182 Å². The molecule has 1 aliphatic carbocycles. The topological polar surface area (TPSA) is 112 Å². The number of alkyl carbamates (subject to hydrolysis) is 1. The highest BCUT2D eigenvalue weighted by atomic mass is 16.6. The minimum Gasteiger partial charge on any atom is -0.444 e. The van der Waals surface area contributed by atoms with Crippen molar-refractivity contribution in [1.82, 2.24) is 15.3 Å². The summed E-state index contributed by atoms with van der Waals surface area (Å²) >= 11 is 0. The predicted octanol–water partition coefficient (Wildman–Crippen LogP) is 3.79. The van der Waals surface area contributed by atoms with Crippen LogP contribution in [0.1, 0.15) is 44.7 Å². The molecule has 160 valence electrons. The number of benzene rings is 1. The Morgan fingerprint density at radius 1 is 1.29 bits per heavy atom. The molecule has 8 heteroatoms. The van der Waals surface area contributed by atoms with Crippen LogP contribution in [-0.2, 0) is 4.74 Å². The molecule has 3 rings (SSSR count). The molecule has 8 nitrogen and oxygen atoms in total. The van der Waals surface area contributed by atoms with Crippen LogP contribution in [0.4, 0.5) is 22.2 Å². The first-order valence-corrected chi connectivity index (χ1v) is 10.1. The summed E-state index contributed by atoms with van der Waals surface area (Å²) in [6, 6.07) is 9.29. The van der Waals surface area contributed by atoms with Crippen LogP contribution in [0.25, 0.3) is 0 Å². The number of aromatic nitrogens is 2. The smallest absolute Gasteiger partial charge is 0.407 e. The molecule has 2 aromatic rings. The third-order valence-corrected chi connectivity index (χ3v) is 4.54. The van der Waals surface area contributed by atoms with Crippen molar-refractivity contribution in [3.8, 4) is 17.9 Å². The molecule has 1 saturated carbocycles. The molecular formula is C23H26N6O2. The van der Waals surface area contributed by atoms with Gasteiger partial charge in [-0.15, -0.1) is 0 Å². The van der Waals surface area contributed by atoms with Gasteiger partial charge in [-0.1, -0.05) is 17.9 Å². The molecule has 1 aliphatic rings. The quantitative estimate of drug-likeness (QED) is 0.648. The Morgan fingerprint density at radius 2 is 2.06 bits per heavy atom. The van der Waals surface area contributed by atoms with Gasteiger partial charge in [0.25, 0.3) is 0 Å². The van der Waals surface area contributed by atoms with Crippen molar-refractivity contribution in [3.05, 3.63) is 41.6 Å². The van der Waals surface area contributed by atoms with Crippen LogP contribution in [0.3, 0.4) is 0 Å². The fourth-order valence-electron chi connectivity index (χ4n) is 3.03. The van der Waals surface area contributed by atoms with Crippen LogP contribution in [0.15, 0.2) is 30.5 Å². The number of nitrogens with one attached hydrogen (secondary N) is 3. The van der Waals surface area contributed by atoms with Gasteiger partial charge in [0.2, 0.25) is 5.95 Å². The largest absolute Gasteiger partial charge is 0.444 e. The van der Waals surface area contributed by atoms with Crippen molar-refractivity contribution in [3.63, 3.8) is 0 Å². The van der Waals surface area contributed by atoms with E-state index in [1.54, 1.807) is 31.4 Å². The van der Waals surface area contributed by atoms with Crippen molar-refractivity contribution in [2.24, 2.45) is 5.92 Å². The highest BCUT2D eigenvalue weighted by molar-refractivity contribution is 5.68. The average Bonchev–Trinajstić information content (AvgIpc) is 2.69. The SMILES string of the molecule is CNc1nc(Nc2cccc(C#N)c2)ncc1C#C[C@H]1C[C@@H](NC(=O)OC(C)(C)C)C1. The summed E-state index contributed by atoms with van der Waals surface area (Å²) < 4.78 is 5.27. The molecule has 0 bridgehead atoms. The van der Waals surface area contributed by atoms with Gasteiger partial charge < -0.3 is 20.7 Å². The molecule has 0 spiro atoms. The zero-order chi connectivity index (χ0) is 22.4. The Kier molecular flexibility index (Phi) is 6.61. The Balaban J connectivity index is 1.58. The highest BCUT2D eigenvalue weighted by Crippen LogP contribution is 2.27. The van der Waals surface area contributed by atoms with E-state index in [9.17, 15) is 4.79 Å². The molecule has 0 radical (unpaired) electrons. The molecule has 0 atom stereocenters. The third-order valence-electron chi connectivity index (χ3n) is 4.54. The number of nitriles is 1. The van der Waals surface area contributed by atoms with E-state index in [2.05, 4.69) is 43.8 Å². The van der Waals surface area contributed by atoms with Gasteiger partial charge in [-0.05, 0) is 51.8 Å². The van der Waals surface area contributed by atoms with Gasteiger partial charge in [-0.3, -0.25) is 0 Å². The number of rotatable bonds is 4. The van der Waals surface area contributed by atoms with Gasteiger partial charge in [-0.25, -0.2) is 9.78 Å². The Morgan fingerprint density at radius 3 is 2.74 bits per heavy atom. The fourth-order valence-corrected chi connectivity index (χ4v) is 3.03. The van der Waals surface area contributed by atoms with Crippen molar-refractivity contribution >= 4 is 23.5 Å². The first-order chi connectivity index (χ1) is 14.8. The minimum atomic E-state index is -0.504. The number of ether oxygens (including phenoxy) is 1. The van der Waals surface area contributed by atoms with Crippen molar-refractivity contribution in [2.75, 3.05) is 17.7 Å². The van der Waals surface area contributed by atoms with E-state index in [1.165, 1.54) is 0 Å². The molecule has 0 aliphatic heterocycles. The number of hydrogen-bond acceptors (Lipinski definition) is 7. The number of hydrogen-bond donors (Lipinski definition) is 3. The van der Waals surface area contributed by atoms with Crippen molar-refractivity contribution in [2.45, 2.75) is 45.3 Å². The van der Waals surface area contributed by atoms with Gasteiger partial charge in [0, 0.05) is 24.7 Å². The Bertz CT molecular complexity index is 1050. The molecule has 3 N–H and O–H groups in total. The second-order valence-corrected chi connectivity index (χ2v) is 8.30. The van der Waals surface area contributed by atoms with E-state index in [0.29, 0.717) is 22.9 Å². The van der Waals surface area contributed by atoms with Gasteiger partial charge in [0.15, 0.2) is 0 Å². The molecule has 0 unspecified atom stereocenters. The standard InChI is InChI=1S/C23H26N6O2/c1-23(2,3)31-22(30)28-19-10-15(11-19)8-9-17-14-26-21(29-20(17)25-4)27-18-7-5-6-16(12-18)13-24/h5-7,12,14-15,19H,10-11H2,1-4H3,(H,28,30)(H2,25,26,27,29)/t15-,19+.